The number of para-hydroxylation sites is 1. The van der Waals surface area contributed by atoms with E-state index >= 15 is 0 Å². The molecule has 3 nitrogen and oxygen atoms in total. The predicted octanol–water partition coefficient (Wildman–Crippen LogP) is 3.56. The molecule has 0 bridgehead atoms. The van der Waals surface area contributed by atoms with Gasteiger partial charge in [0.15, 0.2) is 5.75 Å². The lowest BCUT2D eigenvalue weighted by Crippen LogP contribution is -2.53. The second-order valence-electron chi connectivity index (χ2n) is 5.75. The Hall–Kier alpha value is -1.51. The van der Waals surface area contributed by atoms with E-state index in [1.165, 1.54) is 5.56 Å². The zero-order valence-corrected chi connectivity index (χ0v) is 11.7. The molecular formula is C15H21NO2. The molecule has 0 amide bonds. The summed E-state index contributed by atoms with van der Waals surface area (Å²) in [5, 5.41) is 3.40. The highest BCUT2D eigenvalue weighted by Crippen LogP contribution is 2.40. The fraction of sp³-hybridized carbons (Fsp3) is 0.533. The molecule has 1 aromatic rings. The summed E-state index contributed by atoms with van der Waals surface area (Å²) < 4.78 is 5.50. The molecule has 98 valence electrons. The maximum absolute atomic E-state index is 12.1. The molecule has 0 spiro atoms. The van der Waals surface area contributed by atoms with E-state index in [1.807, 2.05) is 32.9 Å². The van der Waals surface area contributed by atoms with Gasteiger partial charge in [-0.3, -0.25) is 0 Å². The maximum Gasteiger partial charge on any atom is 0.337 e. The third-order valence-corrected chi connectivity index (χ3v) is 3.85. The van der Waals surface area contributed by atoms with E-state index in [0.29, 0.717) is 11.7 Å². The van der Waals surface area contributed by atoms with E-state index in [0.717, 1.165) is 5.69 Å². The number of carbonyl (C=O) groups is 1. The number of esters is 1. The van der Waals surface area contributed by atoms with Crippen LogP contribution >= 0.6 is 0 Å². The van der Waals surface area contributed by atoms with Crippen molar-refractivity contribution in [3.05, 3.63) is 23.8 Å². The van der Waals surface area contributed by atoms with Crippen LogP contribution < -0.4 is 10.1 Å². The third kappa shape index (κ3) is 1.88. The maximum atomic E-state index is 12.1. The highest BCUT2D eigenvalue weighted by Gasteiger charge is 2.43. The highest BCUT2D eigenvalue weighted by molar-refractivity contribution is 5.91. The molecule has 0 saturated carbocycles. The summed E-state index contributed by atoms with van der Waals surface area (Å²) in [4.78, 5) is 12.1. The van der Waals surface area contributed by atoms with Gasteiger partial charge in [0.05, 0.1) is 5.69 Å². The van der Waals surface area contributed by atoms with E-state index < -0.39 is 5.54 Å². The molecule has 1 N–H and O–H groups in total. The largest absolute Gasteiger partial charge is 0.423 e. The number of benzene rings is 1. The highest BCUT2D eigenvalue weighted by atomic mass is 16.5. The standard InChI is InChI=1S/C15H21NO2/c1-9(2)11-7-6-8-12-13(11)16-15(5,10(3)4)14(17)18-12/h6-10,16H,1-5H3. The summed E-state index contributed by atoms with van der Waals surface area (Å²) in [5.74, 6) is 0.995. The van der Waals surface area contributed by atoms with Crippen molar-refractivity contribution in [1.82, 2.24) is 0 Å². The third-order valence-electron chi connectivity index (χ3n) is 3.85. The SMILES string of the molecule is CC(C)c1cccc2c1NC(C)(C(C)C)C(=O)O2. The number of hydrogen-bond donors (Lipinski definition) is 1. The first-order valence-corrected chi connectivity index (χ1v) is 6.49. The minimum Gasteiger partial charge on any atom is -0.423 e. The molecule has 1 atom stereocenters. The Morgan fingerprint density at radius 2 is 1.89 bits per heavy atom. The van der Waals surface area contributed by atoms with Crippen molar-refractivity contribution in [2.75, 3.05) is 5.32 Å². The van der Waals surface area contributed by atoms with Gasteiger partial charge in [-0.15, -0.1) is 0 Å². The predicted molar refractivity (Wildman–Crippen MR) is 73.0 cm³/mol. The zero-order valence-electron chi connectivity index (χ0n) is 11.7. The minimum atomic E-state index is -0.655. The molecule has 1 aromatic carbocycles. The topological polar surface area (TPSA) is 38.3 Å². The van der Waals surface area contributed by atoms with Gasteiger partial charge in [0.1, 0.15) is 5.54 Å². The number of fused-ring (bicyclic) bond motifs is 1. The monoisotopic (exact) mass is 247 g/mol. The van der Waals surface area contributed by atoms with Crippen LogP contribution in [0.5, 0.6) is 5.75 Å². The van der Waals surface area contributed by atoms with Gasteiger partial charge in [0.2, 0.25) is 0 Å². The van der Waals surface area contributed by atoms with Crippen molar-refractivity contribution in [2.24, 2.45) is 5.92 Å². The van der Waals surface area contributed by atoms with Crippen LogP contribution in [-0.4, -0.2) is 11.5 Å². The van der Waals surface area contributed by atoms with Gasteiger partial charge in [-0.1, -0.05) is 39.8 Å². The van der Waals surface area contributed by atoms with E-state index in [1.54, 1.807) is 0 Å². The first kappa shape index (κ1) is 12.9. The van der Waals surface area contributed by atoms with Gasteiger partial charge in [0.25, 0.3) is 0 Å². The Labute approximate surface area is 109 Å². The first-order chi connectivity index (χ1) is 8.36. The number of carbonyl (C=O) groups excluding carboxylic acids is 1. The average Bonchev–Trinajstić information content (AvgIpc) is 2.29. The molecular weight excluding hydrogens is 226 g/mol. The van der Waals surface area contributed by atoms with Crippen LogP contribution in [0.3, 0.4) is 0 Å². The van der Waals surface area contributed by atoms with Crippen molar-refractivity contribution >= 4 is 11.7 Å². The van der Waals surface area contributed by atoms with Crippen LogP contribution in [0.25, 0.3) is 0 Å². The van der Waals surface area contributed by atoms with Gasteiger partial charge in [-0.05, 0) is 30.4 Å². The van der Waals surface area contributed by atoms with Gasteiger partial charge in [-0.2, -0.15) is 0 Å². The van der Waals surface area contributed by atoms with Gasteiger partial charge in [-0.25, -0.2) is 4.79 Å². The summed E-state index contributed by atoms with van der Waals surface area (Å²) >= 11 is 0. The molecule has 2 rings (SSSR count). The Bertz CT molecular complexity index is 479. The van der Waals surface area contributed by atoms with E-state index in [-0.39, 0.29) is 11.9 Å². The molecule has 0 aliphatic carbocycles. The molecule has 0 radical (unpaired) electrons. The van der Waals surface area contributed by atoms with Crippen LogP contribution in [0.15, 0.2) is 18.2 Å². The van der Waals surface area contributed by atoms with Crippen LogP contribution in [0, 0.1) is 5.92 Å². The number of anilines is 1. The number of ether oxygens (including phenoxy) is 1. The van der Waals surface area contributed by atoms with Gasteiger partial charge >= 0.3 is 5.97 Å². The lowest BCUT2D eigenvalue weighted by Gasteiger charge is -2.38. The molecule has 1 heterocycles. The Kier molecular flexibility index (Phi) is 3.09. The van der Waals surface area contributed by atoms with Crippen molar-refractivity contribution in [3.63, 3.8) is 0 Å². The van der Waals surface area contributed by atoms with Crippen LogP contribution in [0.2, 0.25) is 0 Å². The molecule has 0 saturated heterocycles. The summed E-state index contributed by atoms with van der Waals surface area (Å²) in [6, 6.07) is 5.85. The van der Waals surface area contributed by atoms with E-state index in [2.05, 4.69) is 25.2 Å². The molecule has 18 heavy (non-hydrogen) atoms. The van der Waals surface area contributed by atoms with Crippen molar-refractivity contribution < 1.29 is 9.53 Å². The summed E-state index contributed by atoms with van der Waals surface area (Å²) in [7, 11) is 0. The molecule has 3 heteroatoms. The normalized spacial score (nSPS) is 22.7. The average molecular weight is 247 g/mol. The van der Waals surface area contributed by atoms with Crippen LogP contribution in [-0.2, 0) is 4.79 Å². The van der Waals surface area contributed by atoms with Crippen molar-refractivity contribution in [3.8, 4) is 5.75 Å². The van der Waals surface area contributed by atoms with E-state index in [4.69, 9.17) is 4.74 Å². The van der Waals surface area contributed by atoms with Gasteiger partial charge < -0.3 is 10.1 Å². The van der Waals surface area contributed by atoms with Crippen LogP contribution in [0.4, 0.5) is 5.69 Å². The number of hydrogen-bond acceptors (Lipinski definition) is 3. The molecule has 1 aliphatic rings. The fourth-order valence-electron chi connectivity index (χ4n) is 2.14. The molecule has 0 fully saturated rings. The van der Waals surface area contributed by atoms with Crippen molar-refractivity contribution in [2.45, 2.75) is 46.1 Å². The number of rotatable bonds is 2. The Morgan fingerprint density at radius 1 is 1.22 bits per heavy atom. The fourth-order valence-corrected chi connectivity index (χ4v) is 2.14. The molecule has 1 unspecified atom stereocenters. The van der Waals surface area contributed by atoms with Crippen LogP contribution in [0.1, 0.15) is 46.1 Å². The number of nitrogens with one attached hydrogen (secondary N) is 1. The van der Waals surface area contributed by atoms with Gasteiger partial charge in [0, 0.05) is 0 Å². The Morgan fingerprint density at radius 3 is 2.44 bits per heavy atom. The van der Waals surface area contributed by atoms with Crippen molar-refractivity contribution in [1.29, 1.82) is 0 Å². The second-order valence-corrected chi connectivity index (χ2v) is 5.75. The quantitative estimate of drug-likeness (QED) is 0.641. The lowest BCUT2D eigenvalue weighted by molar-refractivity contribution is -0.141. The lowest BCUT2D eigenvalue weighted by atomic mass is 9.86. The zero-order chi connectivity index (χ0) is 13.5. The first-order valence-electron chi connectivity index (χ1n) is 6.49. The summed E-state index contributed by atoms with van der Waals surface area (Å²) in [6.45, 7) is 10.2. The second kappa shape index (κ2) is 4.30. The minimum absolute atomic E-state index is 0.165. The molecule has 1 aliphatic heterocycles. The smallest absolute Gasteiger partial charge is 0.337 e. The van der Waals surface area contributed by atoms with E-state index in [9.17, 15) is 4.79 Å². The Balaban J connectivity index is 2.52. The molecule has 0 aromatic heterocycles. The summed E-state index contributed by atoms with van der Waals surface area (Å²) in [5.41, 5.74) is 1.49. The summed E-state index contributed by atoms with van der Waals surface area (Å²) in [6.07, 6.45) is 0.